The van der Waals surface area contributed by atoms with E-state index in [9.17, 15) is 12.8 Å². The molecule has 0 unspecified atom stereocenters. The van der Waals surface area contributed by atoms with Gasteiger partial charge in [0, 0.05) is 26.0 Å². The lowest BCUT2D eigenvalue weighted by Gasteiger charge is -2.08. The van der Waals surface area contributed by atoms with E-state index in [0.717, 1.165) is 17.5 Å². The third kappa shape index (κ3) is 3.34. The van der Waals surface area contributed by atoms with E-state index in [1.54, 1.807) is 29.2 Å². The van der Waals surface area contributed by atoms with Crippen LogP contribution in [0.1, 0.15) is 5.56 Å². The van der Waals surface area contributed by atoms with E-state index in [1.165, 1.54) is 18.2 Å². The molecule has 0 bridgehead atoms. The third-order valence-corrected chi connectivity index (χ3v) is 4.94. The summed E-state index contributed by atoms with van der Waals surface area (Å²) in [7, 11) is -2.10. The highest BCUT2D eigenvalue weighted by Gasteiger charge is 2.18. The fraction of sp³-hybridized carbons (Fsp3) is 0.125. The number of pyridine rings is 1. The number of nitrogens with zero attached hydrogens (tertiary/aromatic N) is 3. The first-order valence-electron chi connectivity index (χ1n) is 7.15. The summed E-state index contributed by atoms with van der Waals surface area (Å²) in [5.74, 6) is -0.783. The summed E-state index contributed by atoms with van der Waals surface area (Å²) in [5.41, 5.74) is 2.25. The maximum atomic E-state index is 13.6. The molecule has 0 spiro atoms. The molecule has 0 aliphatic rings. The van der Waals surface area contributed by atoms with E-state index in [0.29, 0.717) is 5.56 Å². The molecule has 2 heterocycles. The van der Waals surface area contributed by atoms with Gasteiger partial charge in [0.25, 0.3) is 0 Å². The molecule has 24 heavy (non-hydrogen) atoms. The van der Waals surface area contributed by atoms with Gasteiger partial charge in [0.2, 0.25) is 10.0 Å². The van der Waals surface area contributed by atoms with Crippen LogP contribution in [0, 0.1) is 5.82 Å². The van der Waals surface area contributed by atoms with Gasteiger partial charge in [0.1, 0.15) is 10.7 Å². The molecule has 0 saturated carbocycles. The van der Waals surface area contributed by atoms with Gasteiger partial charge < -0.3 is 0 Å². The Morgan fingerprint density at radius 1 is 1.17 bits per heavy atom. The quantitative estimate of drug-likeness (QED) is 0.767. The number of hydrogen-bond acceptors (Lipinski definition) is 4. The first-order valence-corrected chi connectivity index (χ1v) is 8.63. The van der Waals surface area contributed by atoms with Crippen LogP contribution in [0.15, 0.2) is 59.8 Å². The van der Waals surface area contributed by atoms with Gasteiger partial charge in [-0.25, -0.2) is 17.5 Å². The van der Waals surface area contributed by atoms with Gasteiger partial charge in [-0.3, -0.25) is 9.67 Å². The van der Waals surface area contributed by atoms with E-state index in [1.807, 2.05) is 13.1 Å². The van der Waals surface area contributed by atoms with E-state index in [-0.39, 0.29) is 11.4 Å². The Bertz CT molecular complexity index is 952. The monoisotopic (exact) mass is 346 g/mol. The standard InChI is InChI=1S/C16H15FN4O2S/c1-21-15(8-9-19-21)14-7-6-12(10-18-14)11-20-24(22,23)16-5-3-2-4-13(16)17/h2-10,20H,11H2,1H3. The number of sulfonamides is 1. The van der Waals surface area contributed by atoms with Crippen molar-refractivity contribution in [2.24, 2.45) is 7.05 Å². The second kappa shape index (κ2) is 6.50. The second-order valence-electron chi connectivity index (χ2n) is 5.15. The fourth-order valence-corrected chi connectivity index (χ4v) is 3.32. The minimum atomic E-state index is -3.92. The van der Waals surface area contributed by atoms with E-state index in [4.69, 9.17) is 0 Å². The van der Waals surface area contributed by atoms with Crippen molar-refractivity contribution in [3.8, 4) is 11.4 Å². The molecule has 0 amide bonds. The van der Waals surface area contributed by atoms with Gasteiger partial charge in [-0.1, -0.05) is 18.2 Å². The summed E-state index contributed by atoms with van der Waals surface area (Å²) in [4.78, 5) is 3.93. The van der Waals surface area contributed by atoms with Crippen molar-refractivity contribution in [2.45, 2.75) is 11.4 Å². The van der Waals surface area contributed by atoms with Crippen molar-refractivity contribution in [1.82, 2.24) is 19.5 Å². The number of hydrogen-bond donors (Lipinski definition) is 1. The topological polar surface area (TPSA) is 76.9 Å². The molecular formula is C16H15FN4O2S. The van der Waals surface area contributed by atoms with Crippen molar-refractivity contribution in [1.29, 1.82) is 0 Å². The number of benzene rings is 1. The first-order chi connectivity index (χ1) is 11.5. The number of aromatic nitrogens is 3. The molecule has 2 aromatic heterocycles. The average molecular weight is 346 g/mol. The van der Waals surface area contributed by atoms with Gasteiger partial charge >= 0.3 is 0 Å². The lowest BCUT2D eigenvalue weighted by molar-refractivity contribution is 0.557. The number of rotatable bonds is 5. The summed E-state index contributed by atoms with van der Waals surface area (Å²) in [6.45, 7) is 0.0231. The molecule has 8 heteroatoms. The Labute approximate surface area is 139 Å². The normalized spacial score (nSPS) is 11.6. The zero-order valence-electron chi connectivity index (χ0n) is 12.8. The molecule has 1 N–H and O–H groups in total. The third-order valence-electron chi connectivity index (χ3n) is 3.50. The Hall–Kier alpha value is -2.58. The van der Waals surface area contributed by atoms with Crippen LogP contribution in [-0.2, 0) is 23.6 Å². The van der Waals surface area contributed by atoms with Crippen LogP contribution in [0.25, 0.3) is 11.4 Å². The molecule has 0 radical (unpaired) electrons. The molecule has 0 aliphatic carbocycles. The fourth-order valence-electron chi connectivity index (χ4n) is 2.22. The predicted molar refractivity (Wildman–Crippen MR) is 86.9 cm³/mol. The van der Waals surface area contributed by atoms with Crippen molar-refractivity contribution < 1.29 is 12.8 Å². The van der Waals surface area contributed by atoms with Crippen LogP contribution in [0.5, 0.6) is 0 Å². The SMILES string of the molecule is Cn1nccc1-c1ccc(CNS(=O)(=O)c2ccccc2F)cn1. The van der Waals surface area contributed by atoms with Gasteiger partial charge in [-0.2, -0.15) is 5.10 Å². The summed E-state index contributed by atoms with van der Waals surface area (Å²) >= 11 is 0. The Kier molecular flexibility index (Phi) is 4.41. The summed E-state index contributed by atoms with van der Waals surface area (Å²) in [6, 6.07) is 10.6. The van der Waals surface area contributed by atoms with E-state index < -0.39 is 15.8 Å². The molecule has 6 nitrogen and oxygen atoms in total. The van der Waals surface area contributed by atoms with Crippen LogP contribution < -0.4 is 4.72 Å². The molecule has 3 rings (SSSR count). The zero-order valence-corrected chi connectivity index (χ0v) is 13.7. The largest absolute Gasteiger partial charge is 0.266 e. The second-order valence-corrected chi connectivity index (χ2v) is 6.88. The smallest absolute Gasteiger partial charge is 0.243 e. The van der Waals surface area contributed by atoms with Crippen LogP contribution >= 0.6 is 0 Å². The van der Waals surface area contributed by atoms with Crippen LogP contribution in [0.3, 0.4) is 0 Å². The molecule has 1 aromatic carbocycles. The van der Waals surface area contributed by atoms with Crippen molar-refractivity contribution >= 4 is 10.0 Å². The molecule has 124 valence electrons. The van der Waals surface area contributed by atoms with Crippen LogP contribution in [0.2, 0.25) is 0 Å². The number of halogens is 1. The maximum absolute atomic E-state index is 13.6. The van der Waals surface area contributed by atoms with Crippen molar-refractivity contribution in [2.75, 3.05) is 0 Å². The van der Waals surface area contributed by atoms with Crippen molar-refractivity contribution in [3.05, 3.63) is 66.2 Å². The van der Waals surface area contributed by atoms with Gasteiger partial charge in [-0.05, 0) is 29.8 Å². The highest BCUT2D eigenvalue weighted by molar-refractivity contribution is 7.89. The average Bonchev–Trinajstić information content (AvgIpc) is 3.00. The van der Waals surface area contributed by atoms with E-state index in [2.05, 4.69) is 14.8 Å². The Morgan fingerprint density at radius 3 is 2.58 bits per heavy atom. The lowest BCUT2D eigenvalue weighted by atomic mass is 10.2. The number of nitrogens with one attached hydrogen (secondary N) is 1. The van der Waals surface area contributed by atoms with Crippen molar-refractivity contribution in [3.63, 3.8) is 0 Å². The maximum Gasteiger partial charge on any atom is 0.243 e. The van der Waals surface area contributed by atoms with E-state index >= 15 is 0 Å². The molecule has 0 fully saturated rings. The van der Waals surface area contributed by atoms with Gasteiger partial charge in [0.15, 0.2) is 0 Å². The zero-order chi connectivity index (χ0) is 17.2. The molecule has 0 aliphatic heterocycles. The lowest BCUT2D eigenvalue weighted by Crippen LogP contribution is -2.24. The van der Waals surface area contributed by atoms with Gasteiger partial charge in [0.05, 0.1) is 11.4 Å². The summed E-state index contributed by atoms with van der Waals surface area (Å²) in [6.07, 6.45) is 3.25. The van der Waals surface area contributed by atoms with Gasteiger partial charge in [-0.15, -0.1) is 0 Å². The summed E-state index contributed by atoms with van der Waals surface area (Å²) in [5, 5.41) is 4.08. The molecule has 0 saturated heterocycles. The minimum absolute atomic E-state index is 0.0231. The molecule has 3 aromatic rings. The minimum Gasteiger partial charge on any atom is -0.266 e. The highest BCUT2D eigenvalue weighted by atomic mass is 32.2. The Balaban J connectivity index is 1.73. The molecular weight excluding hydrogens is 331 g/mol. The first kappa shape index (κ1) is 16.3. The van der Waals surface area contributed by atoms with Crippen LogP contribution in [0.4, 0.5) is 4.39 Å². The summed E-state index contributed by atoms with van der Waals surface area (Å²) < 4.78 is 42.0. The Morgan fingerprint density at radius 2 is 1.96 bits per heavy atom. The predicted octanol–water partition coefficient (Wildman–Crippen LogP) is 2.10. The number of aryl methyl sites for hydroxylation is 1. The molecule has 0 atom stereocenters. The van der Waals surface area contributed by atoms with Crippen LogP contribution in [-0.4, -0.2) is 23.2 Å². The highest BCUT2D eigenvalue weighted by Crippen LogP contribution is 2.16.